The molecule has 2 amide bonds. The second kappa shape index (κ2) is 19.0. The molecule has 0 saturated carbocycles. The van der Waals surface area contributed by atoms with Gasteiger partial charge in [0.25, 0.3) is 15.9 Å². The number of halogens is 1. The highest BCUT2D eigenvalue weighted by molar-refractivity contribution is 7.90. The first-order valence-corrected chi connectivity index (χ1v) is 23.5. The first-order chi connectivity index (χ1) is 30.6. The third-order valence-corrected chi connectivity index (χ3v) is 14.0. The molecule has 4 aromatic rings. The van der Waals surface area contributed by atoms with Gasteiger partial charge in [-0.05, 0) is 89.1 Å². The van der Waals surface area contributed by atoms with Crippen molar-refractivity contribution in [3.63, 3.8) is 0 Å². The number of carbonyl (C=O) groups excluding carboxylic acids is 2. The van der Waals surface area contributed by atoms with E-state index in [1.165, 1.54) is 35.8 Å². The Kier molecular flexibility index (Phi) is 13.4. The van der Waals surface area contributed by atoms with E-state index >= 15 is 0 Å². The molecule has 15 nitrogen and oxygen atoms in total. The Balaban J connectivity index is 0.996. The average molecular weight is 914 g/mol. The quantitative estimate of drug-likeness (QED) is 0.0959. The summed E-state index contributed by atoms with van der Waals surface area (Å²) in [6, 6.07) is 22.6. The Hall–Kier alpha value is -5.33. The normalized spacial score (nSPS) is 18.9. The van der Waals surface area contributed by atoms with Crippen LogP contribution < -0.4 is 24.9 Å². The molecular formula is C47H55ClN7O8S+. The number of ether oxygens (including phenoxy) is 2. The van der Waals surface area contributed by atoms with Gasteiger partial charge in [-0.2, -0.15) is 10.4 Å². The van der Waals surface area contributed by atoms with Crippen LogP contribution in [0.15, 0.2) is 94.3 Å². The number of carbonyl (C=O) groups is 2. The molecule has 1 atom stereocenters. The van der Waals surface area contributed by atoms with Gasteiger partial charge in [0.05, 0.1) is 23.2 Å². The molecular weight excluding hydrogens is 858 g/mol. The highest BCUT2D eigenvalue weighted by atomic mass is 35.5. The van der Waals surface area contributed by atoms with Crippen LogP contribution in [-0.4, -0.2) is 112 Å². The third kappa shape index (κ3) is 10.4. The Morgan fingerprint density at radius 1 is 0.984 bits per heavy atom. The average Bonchev–Trinajstić information content (AvgIpc) is 3.77. The molecule has 3 heterocycles. The smallest absolute Gasteiger partial charge is 0.268 e. The summed E-state index contributed by atoms with van der Waals surface area (Å²) in [6.07, 6.45) is 5.25. The highest BCUT2D eigenvalue weighted by Gasteiger charge is 2.31. The largest absolute Gasteiger partial charge is 0.454 e. The van der Waals surface area contributed by atoms with Crippen molar-refractivity contribution in [2.45, 2.75) is 57.5 Å². The minimum atomic E-state index is -4.55. The summed E-state index contributed by atoms with van der Waals surface area (Å²) in [5.74, 6) is -0.431. The fourth-order valence-corrected chi connectivity index (χ4v) is 9.93. The number of hydrogen-bond donors (Lipinski definition) is 5. The second-order valence-electron chi connectivity index (χ2n) is 17.6. The Labute approximate surface area is 378 Å². The molecule has 0 aromatic heterocycles. The summed E-state index contributed by atoms with van der Waals surface area (Å²) >= 11 is 6.25. The standard InChI is InChI=1S/C47H54ClN7O8S/c1-31(56)54-23-24-62-37(30-54)28-50-41-14-12-38(26-42(41)55(58)59)64(60,61)51-46(57)39-13-11-36(25-44(39)63-43-6-4-5-33-16-18-49-45(33)43)53-21-19-52(20-22-53)29-34-15-17-47(2,3)27-40(34)32-7-9-35(48)10-8-32/h4-14,18,25-26,37,50,58-59H,15-17,19-24,27-30H2,1-3H3,(H,51,57)/p+1. The number of nitrogens with one attached hydrogen (secondary N) is 3. The first kappa shape index (κ1) is 45.2. The maximum Gasteiger partial charge on any atom is 0.268 e. The number of anilines is 2. The van der Waals surface area contributed by atoms with Crippen LogP contribution in [0.25, 0.3) is 5.57 Å². The summed E-state index contributed by atoms with van der Waals surface area (Å²) < 4.78 is 42.0. The molecule has 2 fully saturated rings. The van der Waals surface area contributed by atoms with Crippen molar-refractivity contribution in [1.29, 1.82) is 0 Å². The van der Waals surface area contributed by atoms with Crippen LogP contribution in [0.3, 0.4) is 0 Å². The lowest BCUT2D eigenvalue weighted by Gasteiger charge is -2.39. The van der Waals surface area contributed by atoms with Crippen molar-refractivity contribution >= 4 is 68.0 Å². The molecule has 4 aromatic carbocycles. The molecule has 5 N–H and O–H groups in total. The maximum atomic E-state index is 14.0. The van der Waals surface area contributed by atoms with Crippen LogP contribution in [0.5, 0.6) is 11.5 Å². The number of morpholine rings is 1. The Morgan fingerprint density at radius 3 is 2.52 bits per heavy atom. The topological polar surface area (TPSA) is 178 Å². The van der Waals surface area contributed by atoms with Gasteiger partial charge in [-0.25, -0.2) is 13.1 Å². The number of amides is 2. The lowest BCUT2D eigenvalue weighted by Crippen LogP contribution is -3.02. The van der Waals surface area contributed by atoms with E-state index in [9.17, 15) is 28.4 Å². The number of allylic oxidation sites excluding steroid dienone is 1. The molecule has 8 rings (SSSR count). The van der Waals surface area contributed by atoms with E-state index in [2.05, 4.69) is 50.8 Å². The molecule has 1 unspecified atom stereocenters. The van der Waals surface area contributed by atoms with Crippen molar-refractivity contribution in [2.24, 2.45) is 10.4 Å². The van der Waals surface area contributed by atoms with E-state index in [1.54, 1.807) is 35.4 Å². The lowest BCUT2D eigenvalue weighted by atomic mass is 9.72. The van der Waals surface area contributed by atoms with Crippen molar-refractivity contribution in [2.75, 3.05) is 69.2 Å². The Bertz CT molecular complexity index is 2580. The van der Waals surface area contributed by atoms with E-state index in [0.29, 0.717) is 37.6 Å². The highest BCUT2D eigenvalue weighted by Crippen LogP contribution is 2.44. The molecule has 2 saturated heterocycles. The summed E-state index contributed by atoms with van der Waals surface area (Å²) in [5.41, 5.74) is 6.76. The number of fused-ring (bicyclic) bond motifs is 1. The van der Waals surface area contributed by atoms with Gasteiger partial charge >= 0.3 is 0 Å². The molecule has 1 aliphatic carbocycles. The number of rotatable bonds is 13. The van der Waals surface area contributed by atoms with Crippen LogP contribution in [-0.2, 0) is 26.0 Å². The summed E-state index contributed by atoms with van der Waals surface area (Å²) in [6.45, 7) is 11.5. The van der Waals surface area contributed by atoms with Crippen molar-refractivity contribution in [3.05, 3.63) is 106 Å². The molecule has 17 heteroatoms. The summed E-state index contributed by atoms with van der Waals surface area (Å²) in [4.78, 5) is 36.4. The minimum absolute atomic E-state index is 0.0189. The molecule has 0 spiro atoms. The van der Waals surface area contributed by atoms with Gasteiger partial charge < -0.3 is 24.6 Å². The maximum absolute atomic E-state index is 14.0. The zero-order valence-corrected chi connectivity index (χ0v) is 37.8. The Morgan fingerprint density at radius 2 is 1.77 bits per heavy atom. The number of aliphatic imine (C=N–C) groups is 1. The summed E-state index contributed by atoms with van der Waals surface area (Å²) in [7, 11) is -4.55. The number of benzene rings is 4. The van der Waals surface area contributed by atoms with Gasteiger partial charge in [-0.15, -0.1) is 0 Å². The van der Waals surface area contributed by atoms with Crippen LogP contribution >= 0.6 is 11.6 Å². The summed E-state index contributed by atoms with van der Waals surface area (Å²) in [5, 5.41) is 23.0. The van der Waals surface area contributed by atoms with Crippen molar-refractivity contribution in [1.82, 2.24) is 14.5 Å². The SMILES string of the molecule is CC(=O)N1CCOC(CNc2ccc(S(=O)(=O)NC(=O)c3ccc(N4CCN(CC5=C(c6ccc(Cl)cc6)CC(C)(C)CC5)CC4)cc3Oc3cccc4c3N=CC4)cc2[NH+](O)O)C1. The molecule has 64 heavy (non-hydrogen) atoms. The van der Waals surface area contributed by atoms with Crippen LogP contribution in [0.1, 0.15) is 61.5 Å². The van der Waals surface area contributed by atoms with Gasteiger partial charge in [0.2, 0.25) is 11.6 Å². The molecule has 0 radical (unpaired) electrons. The minimum Gasteiger partial charge on any atom is -0.454 e. The van der Waals surface area contributed by atoms with Gasteiger partial charge in [-0.1, -0.05) is 55.3 Å². The molecule has 338 valence electrons. The molecule has 4 aliphatic rings. The van der Waals surface area contributed by atoms with Crippen LogP contribution in [0, 0.1) is 5.41 Å². The predicted molar refractivity (Wildman–Crippen MR) is 245 cm³/mol. The van der Waals surface area contributed by atoms with E-state index < -0.39 is 21.2 Å². The zero-order chi connectivity index (χ0) is 45.2. The van der Waals surface area contributed by atoms with Crippen molar-refractivity contribution < 1.29 is 43.1 Å². The fraction of sp³-hybridized carbons (Fsp3) is 0.383. The van der Waals surface area contributed by atoms with E-state index in [1.807, 2.05) is 24.3 Å². The van der Waals surface area contributed by atoms with Gasteiger partial charge in [0.1, 0.15) is 17.1 Å². The van der Waals surface area contributed by atoms with E-state index in [-0.39, 0.29) is 51.6 Å². The van der Waals surface area contributed by atoms with Gasteiger partial charge in [-0.3, -0.25) is 19.5 Å². The third-order valence-electron chi connectivity index (χ3n) is 12.4. The monoisotopic (exact) mass is 912 g/mol. The number of para-hydroxylation sites is 1. The van der Waals surface area contributed by atoms with E-state index in [4.69, 9.17) is 21.1 Å². The predicted octanol–water partition coefficient (Wildman–Crippen LogP) is 6.25. The number of piperazine rings is 1. The van der Waals surface area contributed by atoms with Crippen molar-refractivity contribution in [3.8, 4) is 11.5 Å². The number of quaternary nitrogens is 1. The van der Waals surface area contributed by atoms with E-state index in [0.717, 1.165) is 74.3 Å². The zero-order valence-electron chi connectivity index (χ0n) is 36.3. The number of hydrogen-bond acceptors (Lipinski definition) is 12. The van der Waals surface area contributed by atoms with Gasteiger partial charge in [0.15, 0.2) is 5.75 Å². The fourth-order valence-electron chi connectivity index (χ4n) is 8.81. The molecule has 3 aliphatic heterocycles. The van der Waals surface area contributed by atoms with Crippen LogP contribution in [0.4, 0.5) is 22.7 Å². The molecule has 0 bridgehead atoms. The number of nitrogens with zero attached hydrogens (tertiary/aromatic N) is 4. The van der Waals surface area contributed by atoms with Gasteiger partial charge in [0, 0.05) is 94.8 Å². The number of sulfonamides is 1. The van der Waals surface area contributed by atoms with Crippen LogP contribution in [0.2, 0.25) is 5.02 Å². The second-order valence-corrected chi connectivity index (χ2v) is 19.7. The lowest BCUT2D eigenvalue weighted by molar-refractivity contribution is -1.19. The first-order valence-electron chi connectivity index (χ1n) is 21.6.